The first-order valence-corrected chi connectivity index (χ1v) is 15.2. The molecule has 0 spiro atoms. The van der Waals surface area contributed by atoms with Crippen LogP contribution in [0.25, 0.3) is 10.9 Å². The predicted octanol–water partition coefficient (Wildman–Crippen LogP) is 2.13. The Morgan fingerprint density at radius 2 is 1.86 bits per heavy atom. The molecule has 1 aromatic heterocycles. The molecule has 1 aromatic carbocycles. The highest BCUT2D eigenvalue weighted by Gasteiger charge is 2.38. The minimum Gasteiger partial charge on any atom is -0.467 e. The zero-order valence-electron chi connectivity index (χ0n) is 25.2. The molecule has 2 aliphatic rings. The Kier molecular flexibility index (Phi) is 11.0. The smallest absolute Gasteiger partial charge is 0.328 e. The maximum atomic E-state index is 13.6. The first kappa shape index (κ1) is 31.8. The van der Waals surface area contributed by atoms with Gasteiger partial charge >= 0.3 is 12.0 Å². The van der Waals surface area contributed by atoms with E-state index >= 15 is 0 Å². The molecule has 0 aliphatic carbocycles. The number of ether oxygens (including phenoxy) is 1. The summed E-state index contributed by atoms with van der Waals surface area (Å²) in [5.41, 5.74) is 2.03. The Balaban J connectivity index is 1.46. The maximum absolute atomic E-state index is 13.6. The number of nitrogens with one attached hydrogen (secondary N) is 5. The quantitative estimate of drug-likeness (QED) is 0.308. The molecule has 0 saturated carbocycles. The molecule has 12 nitrogen and oxygen atoms in total. The lowest BCUT2D eigenvalue weighted by molar-refractivity contribution is -0.144. The fourth-order valence-corrected chi connectivity index (χ4v) is 5.85. The van der Waals surface area contributed by atoms with Crippen molar-refractivity contribution in [1.29, 1.82) is 0 Å². The first-order chi connectivity index (χ1) is 20.7. The van der Waals surface area contributed by atoms with Gasteiger partial charge in [-0.25, -0.2) is 9.59 Å². The highest BCUT2D eigenvalue weighted by atomic mass is 16.5. The molecular weight excluding hydrogens is 552 g/mol. The lowest BCUT2D eigenvalue weighted by Crippen LogP contribution is -2.57. The number of aromatic amines is 1. The van der Waals surface area contributed by atoms with E-state index in [-0.39, 0.29) is 30.2 Å². The molecule has 234 valence electrons. The van der Waals surface area contributed by atoms with Crippen LogP contribution < -0.4 is 21.3 Å². The molecule has 0 radical (unpaired) electrons. The van der Waals surface area contributed by atoms with Crippen LogP contribution in [0.15, 0.2) is 30.5 Å². The van der Waals surface area contributed by atoms with Crippen molar-refractivity contribution in [3.8, 4) is 0 Å². The van der Waals surface area contributed by atoms with Crippen molar-refractivity contribution in [2.75, 3.05) is 20.2 Å². The Morgan fingerprint density at radius 3 is 2.63 bits per heavy atom. The topological polar surface area (TPSA) is 162 Å². The fourth-order valence-electron chi connectivity index (χ4n) is 5.85. The van der Waals surface area contributed by atoms with Gasteiger partial charge in [0.2, 0.25) is 17.7 Å². The molecular formula is C31H44N6O6. The van der Waals surface area contributed by atoms with E-state index in [1.165, 1.54) is 12.0 Å². The Labute approximate surface area is 252 Å². The molecule has 5 amide bonds. The number of carbonyl (C=O) groups excluding carboxylic acids is 5. The number of methoxy groups -OCH3 is 1. The third-order valence-corrected chi connectivity index (χ3v) is 8.30. The lowest BCUT2D eigenvalue weighted by atomic mass is 9.99. The Bertz CT molecular complexity index is 1310. The molecule has 3 heterocycles. The minimum atomic E-state index is -0.839. The maximum Gasteiger partial charge on any atom is 0.328 e. The van der Waals surface area contributed by atoms with Crippen molar-refractivity contribution < 1.29 is 28.7 Å². The predicted molar refractivity (Wildman–Crippen MR) is 161 cm³/mol. The van der Waals surface area contributed by atoms with Gasteiger partial charge in [-0.2, -0.15) is 0 Å². The van der Waals surface area contributed by atoms with Crippen LogP contribution in [-0.2, 0) is 30.3 Å². The van der Waals surface area contributed by atoms with Crippen LogP contribution in [0, 0.1) is 5.92 Å². The van der Waals surface area contributed by atoms with Gasteiger partial charge in [0.1, 0.15) is 18.1 Å². The van der Waals surface area contributed by atoms with Crippen LogP contribution in [0.4, 0.5) is 4.79 Å². The molecule has 2 aromatic rings. The van der Waals surface area contributed by atoms with Crippen molar-refractivity contribution in [2.45, 2.75) is 89.4 Å². The number of esters is 1. The second-order valence-corrected chi connectivity index (χ2v) is 11.8. The zero-order valence-corrected chi connectivity index (χ0v) is 25.2. The largest absolute Gasteiger partial charge is 0.467 e. The number of rotatable bonds is 7. The van der Waals surface area contributed by atoms with E-state index in [1.807, 2.05) is 30.5 Å². The second-order valence-electron chi connectivity index (χ2n) is 11.8. The standard InChI is InChI=1S/C31H44N6O6/c1-19(2)27(30(41)43-3)36-31(42)37-16-8-12-25(37)29(40)35-24-11-6-7-15-32-26(38)14-13-21(34-28(24)39)17-20-18-33-23-10-5-4-9-22(20)23/h4-5,9-10,18-19,21,24-25,27,33H,6-8,11-17H2,1-3H3,(H,32,38)(H,34,39)(H,35,40)(H,36,42)/t21-,24+,25+,27+/m1/s1. The number of urea groups is 1. The average molecular weight is 597 g/mol. The van der Waals surface area contributed by atoms with E-state index in [2.05, 4.69) is 26.3 Å². The number of aromatic nitrogens is 1. The van der Waals surface area contributed by atoms with Gasteiger partial charge in [-0.3, -0.25) is 14.4 Å². The summed E-state index contributed by atoms with van der Waals surface area (Å²) in [6, 6.07) is 4.69. The third kappa shape index (κ3) is 8.26. The number of likely N-dealkylation sites (tertiary alicyclic amines) is 1. The van der Waals surface area contributed by atoms with Crippen molar-refractivity contribution >= 4 is 40.6 Å². The molecule has 2 aliphatic heterocycles. The lowest BCUT2D eigenvalue weighted by Gasteiger charge is -2.29. The van der Waals surface area contributed by atoms with Crippen molar-refractivity contribution in [1.82, 2.24) is 31.2 Å². The summed E-state index contributed by atoms with van der Waals surface area (Å²) >= 11 is 0. The zero-order chi connectivity index (χ0) is 30.9. The van der Waals surface area contributed by atoms with E-state index in [1.54, 1.807) is 13.8 Å². The highest BCUT2D eigenvalue weighted by molar-refractivity contribution is 5.93. The Morgan fingerprint density at radius 1 is 1.07 bits per heavy atom. The summed E-state index contributed by atoms with van der Waals surface area (Å²) in [4.78, 5) is 69.5. The van der Waals surface area contributed by atoms with E-state index in [0.717, 1.165) is 16.5 Å². The van der Waals surface area contributed by atoms with Crippen molar-refractivity contribution in [2.24, 2.45) is 5.92 Å². The summed E-state index contributed by atoms with van der Waals surface area (Å²) in [6.45, 7) is 4.46. The van der Waals surface area contributed by atoms with E-state index < -0.39 is 36.0 Å². The van der Waals surface area contributed by atoms with Gasteiger partial charge in [0.25, 0.3) is 0 Å². The third-order valence-electron chi connectivity index (χ3n) is 8.30. The molecule has 4 atom stereocenters. The normalized spacial score (nSPS) is 22.6. The molecule has 2 fully saturated rings. The summed E-state index contributed by atoms with van der Waals surface area (Å²) in [6.07, 6.45) is 5.94. The van der Waals surface area contributed by atoms with Crippen LogP contribution in [-0.4, -0.2) is 84.0 Å². The molecule has 5 N–H and O–H groups in total. The molecule has 43 heavy (non-hydrogen) atoms. The van der Waals surface area contributed by atoms with E-state index in [9.17, 15) is 24.0 Å². The number of carbonyl (C=O) groups is 5. The van der Waals surface area contributed by atoms with E-state index in [0.29, 0.717) is 58.0 Å². The van der Waals surface area contributed by atoms with Gasteiger partial charge < -0.3 is 35.9 Å². The van der Waals surface area contributed by atoms with E-state index in [4.69, 9.17) is 4.74 Å². The molecule has 4 rings (SSSR count). The fraction of sp³-hybridized carbons (Fsp3) is 0.581. The number of para-hydroxylation sites is 1. The first-order valence-electron chi connectivity index (χ1n) is 15.2. The van der Waals surface area contributed by atoms with Crippen LogP contribution in [0.5, 0.6) is 0 Å². The number of nitrogens with zero attached hydrogens (tertiary/aromatic N) is 1. The van der Waals surface area contributed by atoms with Crippen LogP contribution in [0.1, 0.15) is 64.4 Å². The number of hydrogen-bond donors (Lipinski definition) is 5. The summed E-state index contributed by atoms with van der Waals surface area (Å²) in [7, 11) is 1.27. The van der Waals surface area contributed by atoms with Crippen LogP contribution in [0.2, 0.25) is 0 Å². The van der Waals surface area contributed by atoms with Gasteiger partial charge in [0.15, 0.2) is 0 Å². The number of H-pyrrole nitrogens is 1. The molecule has 2 saturated heterocycles. The summed E-state index contributed by atoms with van der Waals surface area (Å²) in [5.74, 6) is -1.51. The SMILES string of the molecule is COC(=O)[C@@H](NC(=O)N1CCC[C@H]1C(=O)N[C@H]1CCCCNC(=O)CC[C@H](Cc2c[nH]c3ccccc23)NC1=O)C(C)C. The number of benzene rings is 1. The average Bonchev–Trinajstić information content (AvgIpc) is 3.64. The summed E-state index contributed by atoms with van der Waals surface area (Å²) in [5, 5.41) is 12.7. The number of fused-ring (bicyclic) bond motifs is 1. The van der Waals surface area contributed by atoms with Gasteiger partial charge in [-0.1, -0.05) is 32.0 Å². The van der Waals surface area contributed by atoms with Gasteiger partial charge in [0, 0.05) is 42.7 Å². The minimum absolute atomic E-state index is 0.0462. The van der Waals surface area contributed by atoms with Crippen LogP contribution in [0.3, 0.4) is 0 Å². The van der Waals surface area contributed by atoms with Crippen molar-refractivity contribution in [3.05, 3.63) is 36.0 Å². The molecule has 0 bridgehead atoms. The molecule has 12 heteroatoms. The second kappa shape index (κ2) is 14.9. The Hall–Kier alpha value is -4.09. The van der Waals surface area contributed by atoms with Gasteiger partial charge in [-0.05, 0) is 62.5 Å². The molecule has 0 unspecified atom stereocenters. The number of amides is 5. The van der Waals surface area contributed by atoms with Crippen LogP contribution >= 0.6 is 0 Å². The number of hydrogen-bond acceptors (Lipinski definition) is 6. The van der Waals surface area contributed by atoms with Gasteiger partial charge in [0.05, 0.1) is 7.11 Å². The summed E-state index contributed by atoms with van der Waals surface area (Å²) < 4.78 is 4.83. The monoisotopic (exact) mass is 596 g/mol. The van der Waals surface area contributed by atoms with Crippen molar-refractivity contribution in [3.63, 3.8) is 0 Å². The van der Waals surface area contributed by atoms with Gasteiger partial charge in [-0.15, -0.1) is 0 Å². The highest BCUT2D eigenvalue weighted by Crippen LogP contribution is 2.22.